The van der Waals surface area contributed by atoms with E-state index >= 15 is 0 Å². The number of hydrogen-bond acceptors (Lipinski definition) is 6. The van der Waals surface area contributed by atoms with Crippen LogP contribution >= 0.6 is 56.5 Å². The number of nitrogens with one attached hydrogen (secondary N) is 2. The van der Waals surface area contributed by atoms with Crippen LogP contribution < -0.4 is 15.5 Å². The monoisotopic (exact) mass is 686 g/mol. The van der Waals surface area contributed by atoms with Gasteiger partial charge < -0.3 is 10.1 Å². The minimum absolute atomic E-state index is 0.0287. The van der Waals surface area contributed by atoms with Crippen molar-refractivity contribution in [2.24, 2.45) is 5.10 Å². The van der Waals surface area contributed by atoms with Crippen molar-refractivity contribution < 1.29 is 22.7 Å². The van der Waals surface area contributed by atoms with Crippen LogP contribution in [0.3, 0.4) is 0 Å². The molecule has 2 aromatic carbocycles. The Morgan fingerprint density at radius 2 is 2.06 bits per heavy atom. The predicted octanol–water partition coefficient (Wildman–Crippen LogP) is 5.82. The lowest BCUT2D eigenvalue weighted by Gasteiger charge is -2.08. The van der Waals surface area contributed by atoms with Crippen molar-refractivity contribution in [3.8, 4) is 5.75 Å². The van der Waals surface area contributed by atoms with E-state index in [1.54, 1.807) is 12.5 Å². The first-order chi connectivity index (χ1) is 15.2. The summed E-state index contributed by atoms with van der Waals surface area (Å²) in [6.07, 6.45) is -2.95. The first-order valence-corrected chi connectivity index (χ1v) is 11.9. The molecule has 0 unspecified atom stereocenters. The second-order valence-electron chi connectivity index (χ2n) is 6.33. The Balaban J connectivity index is 1.59. The number of aromatic nitrogens is 1. The number of nitrogens with zero attached hydrogens (tertiary/aromatic N) is 2. The Morgan fingerprint density at radius 3 is 2.78 bits per heavy atom. The van der Waals surface area contributed by atoms with E-state index in [0.717, 1.165) is 24.8 Å². The normalized spacial score (nSPS) is 11.6. The number of ether oxygens (including phenoxy) is 1. The summed E-state index contributed by atoms with van der Waals surface area (Å²) in [6, 6.07) is 8.66. The number of hydrazone groups is 1. The van der Waals surface area contributed by atoms with Crippen molar-refractivity contribution in [3.63, 3.8) is 0 Å². The Kier molecular flexibility index (Phi) is 8.32. The number of anilines is 2. The van der Waals surface area contributed by atoms with E-state index in [1.807, 2.05) is 12.1 Å². The minimum atomic E-state index is -4.43. The van der Waals surface area contributed by atoms with Gasteiger partial charge in [-0.15, -0.1) is 11.3 Å². The number of alkyl halides is 3. The van der Waals surface area contributed by atoms with Gasteiger partial charge in [0, 0.05) is 20.2 Å². The van der Waals surface area contributed by atoms with Crippen LogP contribution in [0.25, 0.3) is 0 Å². The quantitative estimate of drug-likeness (QED) is 0.187. The number of methoxy groups -OCH3 is 1. The highest BCUT2D eigenvalue weighted by atomic mass is 127. The van der Waals surface area contributed by atoms with E-state index in [1.165, 1.54) is 29.7 Å². The topological polar surface area (TPSA) is 75.6 Å². The van der Waals surface area contributed by atoms with Crippen LogP contribution in [0.5, 0.6) is 5.75 Å². The van der Waals surface area contributed by atoms with E-state index in [9.17, 15) is 18.0 Å². The Hall–Kier alpha value is -1.94. The first-order valence-electron chi connectivity index (χ1n) is 8.89. The number of carbonyl (C=O) groups excluding carboxylic acids is 1. The van der Waals surface area contributed by atoms with Crippen LogP contribution in [0.15, 0.2) is 46.9 Å². The molecule has 0 aliphatic heterocycles. The maximum Gasteiger partial charge on any atom is 0.416 e. The van der Waals surface area contributed by atoms with Gasteiger partial charge in [0.2, 0.25) is 5.91 Å². The van der Waals surface area contributed by atoms with Crippen molar-refractivity contribution >= 4 is 79.5 Å². The van der Waals surface area contributed by atoms with Gasteiger partial charge in [-0.25, -0.2) is 10.4 Å². The number of halogens is 5. The zero-order chi connectivity index (χ0) is 23.3. The van der Waals surface area contributed by atoms with Gasteiger partial charge in [-0.1, -0.05) is 6.07 Å². The molecule has 1 heterocycles. The van der Waals surface area contributed by atoms with Crippen LogP contribution in [0.4, 0.5) is 24.0 Å². The van der Waals surface area contributed by atoms with Gasteiger partial charge in [0.05, 0.1) is 34.6 Å². The van der Waals surface area contributed by atoms with Gasteiger partial charge in [0.25, 0.3) is 0 Å². The molecular weight excluding hydrogens is 671 g/mol. The van der Waals surface area contributed by atoms with Gasteiger partial charge in [0.15, 0.2) is 5.13 Å². The van der Waals surface area contributed by atoms with Gasteiger partial charge >= 0.3 is 6.18 Å². The fraction of sp³-hybridized carbons (Fsp3) is 0.150. The molecule has 0 saturated heterocycles. The van der Waals surface area contributed by atoms with E-state index in [0.29, 0.717) is 16.6 Å². The summed E-state index contributed by atoms with van der Waals surface area (Å²) in [5.41, 5.74) is 3.15. The van der Waals surface area contributed by atoms with E-state index < -0.39 is 11.7 Å². The lowest BCUT2D eigenvalue weighted by atomic mass is 10.2. The van der Waals surface area contributed by atoms with Crippen molar-refractivity contribution in [2.45, 2.75) is 12.6 Å². The largest absolute Gasteiger partial charge is 0.495 e. The average molecular weight is 686 g/mol. The molecule has 12 heteroatoms. The number of thiazole rings is 1. The van der Waals surface area contributed by atoms with E-state index in [4.69, 9.17) is 4.74 Å². The summed E-state index contributed by atoms with van der Waals surface area (Å²) in [7, 11) is 1.56. The first kappa shape index (κ1) is 24.7. The Morgan fingerprint density at radius 1 is 1.28 bits per heavy atom. The predicted molar refractivity (Wildman–Crippen MR) is 135 cm³/mol. The molecule has 0 fully saturated rings. The molecule has 168 valence electrons. The highest BCUT2D eigenvalue weighted by Gasteiger charge is 2.30. The summed E-state index contributed by atoms with van der Waals surface area (Å²) < 4.78 is 45.8. The van der Waals surface area contributed by atoms with Gasteiger partial charge in [0.1, 0.15) is 5.75 Å². The second kappa shape index (κ2) is 10.8. The maximum absolute atomic E-state index is 12.8. The lowest BCUT2D eigenvalue weighted by Crippen LogP contribution is -2.20. The molecule has 1 amide bonds. The molecule has 3 aromatic rings. The molecule has 2 N–H and O–H groups in total. The fourth-order valence-electron chi connectivity index (χ4n) is 2.61. The summed E-state index contributed by atoms with van der Waals surface area (Å²) in [4.78, 5) is 16.4. The molecule has 0 saturated carbocycles. The van der Waals surface area contributed by atoms with E-state index in [-0.39, 0.29) is 18.0 Å². The van der Waals surface area contributed by atoms with Gasteiger partial charge in [-0.2, -0.15) is 18.3 Å². The summed E-state index contributed by atoms with van der Waals surface area (Å²) >= 11 is 5.53. The van der Waals surface area contributed by atoms with Crippen LogP contribution in [-0.4, -0.2) is 24.2 Å². The SMILES string of the molecule is COc1c(I)cc(I)cc1/C=N\NC(=O)Cc1csc(Nc2cccc(C(F)(F)F)c2)n1. The number of carbonyl (C=O) groups is 1. The lowest BCUT2D eigenvalue weighted by molar-refractivity contribution is -0.137. The summed E-state index contributed by atoms with van der Waals surface area (Å²) in [6.45, 7) is 0. The Bertz CT molecular complexity index is 1150. The average Bonchev–Trinajstić information content (AvgIpc) is 3.14. The highest BCUT2D eigenvalue weighted by molar-refractivity contribution is 14.1. The highest BCUT2D eigenvalue weighted by Crippen LogP contribution is 2.32. The van der Waals surface area contributed by atoms with Gasteiger partial charge in [-0.05, 0) is 75.5 Å². The molecule has 1 aromatic heterocycles. The maximum atomic E-state index is 12.8. The zero-order valence-electron chi connectivity index (χ0n) is 16.3. The third kappa shape index (κ3) is 6.78. The number of amides is 1. The van der Waals surface area contributed by atoms with Crippen molar-refractivity contribution in [1.82, 2.24) is 10.4 Å². The smallest absolute Gasteiger partial charge is 0.416 e. The fourth-order valence-corrected chi connectivity index (χ4v) is 5.45. The molecule has 6 nitrogen and oxygen atoms in total. The number of rotatable bonds is 7. The van der Waals surface area contributed by atoms with Crippen molar-refractivity contribution in [2.75, 3.05) is 12.4 Å². The molecule has 0 atom stereocenters. The van der Waals surface area contributed by atoms with Crippen LogP contribution in [-0.2, 0) is 17.4 Å². The summed E-state index contributed by atoms with van der Waals surface area (Å²) in [5.74, 6) is 0.283. The second-order valence-corrected chi connectivity index (χ2v) is 9.59. The van der Waals surface area contributed by atoms with E-state index in [2.05, 4.69) is 66.0 Å². The number of hydrogen-bond donors (Lipinski definition) is 2. The zero-order valence-corrected chi connectivity index (χ0v) is 21.5. The summed E-state index contributed by atoms with van der Waals surface area (Å²) in [5, 5.41) is 8.85. The van der Waals surface area contributed by atoms with Crippen LogP contribution in [0, 0.1) is 7.14 Å². The third-order valence-electron chi connectivity index (χ3n) is 3.97. The molecule has 3 rings (SSSR count). The molecule has 0 radical (unpaired) electrons. The van der Waals surface area contributed by atoms with Crippen LogP contribution in [0.2, 0.25) is 0 Å². The van der Waals surface area contributed by atoms with Gasteiger partial charge in [-0.3, -0.25) is 4.79 Å². The molecule has 0 aliphatic carbocycles. The third-order valence-corrected chi connectivity index (χ3v) is 6.20. The molecule has 0 spiro atoms. The standard InChI is InChI=1S/C20H15F3I2N4O2S/c1-31-18-11(5-13(24)7-16(18)25)9-26-29-17(30)8-15-10-32-19(28-15)27-14-4-2-3-12(6-14)20(21,22)23/h2-7,9-10H,8H2,1H3,(H,27,28)(H,29,30)/b26-9-. The van der Waals surface area contributed by atoms with Crippen LogP contribution in [0.1, 0.15) is 16.8 Å². The molecule has 32 heavy (non-hydrogen) atoms. The molecule has 0 bridgehead atoms. The molecule has 0 aliphatic rings. The van der Waals surface area contributed by atoms with Crippen molar-refractivity contribution in [1.29, 1.82) is 0 Å². The molecular formula is C20H15F3I2N4O2S. The Labute approximate surface area is 212 Å². The number of benzene rings is 2. The van der Waals surface area contributed by atoms with Crippen molar-refractivity contribution in [3.05, 3.63) is 65.7 Å². The minimum Gasteiger partial charge on any atom is -0.495 e.